The highest BCUT2D eigenvalue weighted by atomic mass is 16.4. The third-order valence-electron chi connectivity index (χ3n) is 4.87. The molecular weight excluding hydrogens is 324 g/mol. The normalized spacial score (nSPS) is 17.0. The van der Waals surface area contributed by atoms with E-state index in [0.717, 1.165) is 55.4 Å². The molecule has 1 aromatic heterocycles. The summed E-state index contributed by atoms with van der Waals surface area (Å²) in [7, 11) is 0. The van der Waals surface area contributed by atoms with E-state index in [4.69, 9.17) is 10.3 Å². The highest BCUT2D eigenvalue weighted by molar-refractivity contribution is 5.79. The minimum Gasteiger partial charge on any atom is -0.428 e. The molecule has 0 bridgehead atoms. The first-order chi connectivity index (χ1) is 12.7. The lowest BCUT2D eigenvalue weighted by Crippen LogP contribution is -2.07. The maximum atomic E-state index is 11.9. The first-order valence-electron chi connectivity index (χ1n) is 9.37. The maximum Gasteiger partial charge on any atom is 0.336 e. The second kappa shape index (κ2) is 9.18. The average molecular weight is 350 g/mol. The van der Waals surface area contributed by atoms with Gasteiger partial charge in [0.2, 0.25) is 0 Å². The first kappa shape index (κ1) is 18.2. The van der Waals surface area contributed by atoms with E-state index in [0.29, 0.717) is 5.92 Å². The molecule has 26 heavy (non-hydrogen) atoms. The minimum atomic E-state index is -0.228. The van der Waals surface area contributed by atoms with Crippen molar-refractivity contribution in [3.8, 4) is 0 Å². The number of unbranched alkanes of at least 4 members (excludes halogenated alkanes) is 1. The standard InChI is InChI=1S/C22H26N2O2/c23-24-16-18-12-10-17(11-13-18)6-4-5-9-21-14-20(15-22(25)26-21)19-7-2-1-3-8-19/h2,7,10-16,19H,1,3-6,8-9,23H2. The minimum absolute atomic E-state index is 0.228. The van der Waals surface area contributed by atoms with Crippen molar-refractivity contribution in [2.75, 3.05) is 0 Å². The molecule has 1 aliphatic carbocycles. The number of allylic oxidation sites excluding steroid dienone is 2. The number of benzene rings is 1. The molecule has 0 saturated heterocycles. The van der Waals surface area contributed by atoms with E-state index in [1.807, 2.05) is 12.1 Å². The molecule has 0 amide bonds. The number of hydrogen-bond acceptors (Lipinski definition) is 4. The summed E-state index contributed by atoms with van der Waals surface area (Å²) in [4.78, 5) is 11.9. The summed E-state index contributed by atoms with van der Waals surface area (Å²) < 4.78 is 5.40. The molecule has 3 rings (SSSR count). The van der Waals surface area contributed by atoms with Crippen molar-refractivity contribution >= 4 is 6.21 Å². The largest absolute Gasteiger partial charge is 0.428 e. The summed E-state index contributed by atoms with van der Waals surface area (Å²) in [6.45, 7) is 0. The Hall–Kier alpha value is -2.62. The molecule has 0 radical (unpaired) electrons. The van der Waals surface area contributed by atoms with Crippen LogP contribution in [0.25, 0.3) is 0 Å². The summed E-state index contributed by atoms with van der Waals surface area (Å²) in [5.74, 6) is 6.33. The Bertz CT molecular complexity index is 819. The van der Waals surface area contributed by atoms with Gasteiger partial charge in [-0.05, 0) is 61.3 Å². The molecular formula is C22H26N2O2. The second-order valence-corrected chi connectivity index (χ2v) is 6.87. The molecule has 0 saturated carbocycles. The molecule has 1 atom stereocenters. The van der Waals surface area contributed by atoms with Crippen LogP contribution in [-0.4, -0.2) is 6.21 Å². The number of hydrazone groups is 1. The second-order valence-electron chi connectivity index (χ2n) is 6.87. The molecule has 1 aromatic carbocycles. The highest BCUT2D eigenvalue weighted by Gasteiger charge is 2.13. The first-order valence-corrected chi connectivity index (χ1v) is 9.37. The summed E-state index contributed by atoms with van der Waals surface area (Å²) >= 11 is 0. The Labute approximate surface area is 154 Å². The fourth-order valence-electron chi connectivity index (χ4n) is 3.46. The summed E-state index contributed by atoms with van der Waals surface area (Å²) in [6.07, 6.45) is 13.4. The van der Waals surface area contributed by atoms with Gasteiger partial charge in [-0.25, -0.2) is 4.79 Å². The molecule has 2 N–H and O–H groups in total. The molecule has 0 spiro atoms. The van der Waals surface area contributed by atoms with E-state index in [9.17, 15) is 4.79 Å². The fourth-order valence-corrected chi connectivity index (χ4v) is 3.46. The predicted octanol–water partition coefficient (Wildman–Crippen LogP) is 4.32. The van der Waals surface area contributed by atoms with Crippen LogP contribution in [0, 0.1) is 0 Å². The fraction of sp³-hybridized carbons (Fsp3) is 0.364. The van der Waals surface area contributed by atoms with Gasteiger partial charge in [-0.15, -0.1) is 0 Å². The van der Waals surface area contributed by atoms with E-state index >= 15 is 0 Å². The predicted molar refractivity (Wildman–Crippen MR) is 106 cm³/mol. The molecule has 0 aliphatic heterocycles. The van der Waals surface area contributed by atoms with Gasteiger partial charge in [-0.3, -0.25) is 0 Å². The number of hydrogen-bond donors (Lipinski definition) is 1. The van der Waals surface area contributed by atoms with Gasteiger partial charge in [0.05, 0.1) is 6.21 Å². The van der Waals surface area contributed by atoms with Crippen LogP contribution in [0.1, 0.15) is 60.5 Å². The smallest absolute Gasteiger partial charge is 0.336 e. The highest BCUT2D eigenvalue weighted by Crippen LogP contribution is 2.27. The van der Waals surface area contributed by atoms with Crippen molar-refractivity contribution in [3.63, 3.8) is 0 Å². The average Bonchev–Trinajstić information content (AvgIpc) is 2.67. The van der Waals surface area contributed by atoms with Gasteiger partial charge in [0, 0.05) is 18.4 Å². The van der Waals surface area contributed by atoms with E-state index in [2.05, 4.69) is 35.5 Å². The van der Waals surface area contributed by atoms with Crippen molar-refractivity contribution < 1.29 is 4.42 Å². The summed E-state index contributed by atoms with van der Waals surface area (Å²) in [5.41, 5.74) is 3.17. The molecule has 4 nitrogen and oxygen atoms in total. The van der Waals surface area contributed by atoms with Crippen molar-refractivity contribution in [2.24, 2.45) is 10.9 Å². The van der Waals surface area contributed by atoms with Crippen LogP contribution in [0.4, 0.5) is 0 Å². The third-order valence-corrected chi connectivity index (χ3v) is 4.87. The third kappa shape index (κ3) is 5.19. The Kier molecular flexibility index (Phi) is 6.42. The van der Waals surface area contributed by atoms with Crippen LogP contribution in [0.2, 0.25) is 0 Å². The number of rotatable bonds is 7. The number of nitrogens with two attached hydrogens (primary N) is 1. The van der Waals surface area contributed by atoms with Crippen LogP contribution < -0.4 is 11.5 Å². The van der Waals surface area contributed by atoms with Crippen molar-refractivity contribution in [2.45, 2.75) is 50.9 Å². The lowest BCUT2D eigenvalue weighted by molar-refractivity contribution is 0.447. The quantitative estimate of drug-likeness (QED) is 0.266. The van der Waals surface area contributed by atoms with E-state index < -0.39 is 0 Å². The molecule has 0 fully saturated rings. The zero-order valence-corrected chi connectivity index (χ0v) is 15.1. The van der Waals surface area contributed by atoms with Gasteiger partial charge in [-0.2, -0.15) is 5.10 Å². The van der Waals surface area contributed by atoms with Crippen molar-refractivity contribution in [1.29, 1.82) is 0 Å². The van der Waals surface area contributed by atoms with Crippen LogP contribution in [0.3, 0.4) is 0 Å². The zero-order valence-electron chi connectivity index (χ0n) is 15.1. The zero-order chi connectivity index (χ0) is 18.2. The molecule has 2 aromatic rings. The van der Waals surface area contributed by atoms with Gasteiger partial charge < -0.3 is 10.3 Å². The summed E-state index contributed by atoms with van der Waals surface area (Å²) in [6, 6.07) is 12.0. The Morgan fingerprint density at radius 3 is 2.69 bits per heavy atom. The Balaban J connectivity index is 1.53. The van der Waals surface area contributed by atoms with Gasteiger partial charge in [-0.1, -0.05) is 36.4 Å². The summed E-state index contributed by atoms with van der Waals surface area (Å²) in [5, 5.41) is 3.53. The van der Waals surface area contributed by atoms with Crippen molar-refractivity contribution in [3.05, 3.63) is 81.4 Å². The Morgan fingerprint density at radius 2 is 1.96 bits per heavy atom. The monoisotopic (exact) mass is 350 g/mol. The van der Waals surface area contributed by atoms with Crippen LogP contribution in [0.5, 0.6) is 0 Å². The van der Waals surface area contributed by atoms with Gasteiger partial charge in [0.25, 0.3) is 0 Å². The molecule has 4 heteroatoms. The van der Waals surface area contributed by atoms with E-state index in [1.165, 1.54) is 12.0 Å². The lowest BCUT2D eigenvalue weighted by atomic mass is 9.89. The van der Waals surface area contributed by atoms with Gasteiger partial charge in [0.1, 0.15) is 5.76 Å². The lowest BCUT2D eigenvalue weighted by Gasteiger charge is -2.16. The van der Waals surface area contributed by atoms with E-state index in [-0.39, 0.29) is 5.63 Å². The molecule has 1 aliphatic rings. The maximum absolute atomic E-state index is 11.9. The number of aryl methyl sites for hydroxylation is 2. The van der Waals surface area contributed by atoms with Gasteiger partial charge >= 0.3 is 5.63 Å². The molecule has 136 valence electrons. The molecule has 1 heterocycles. The molecule has 1 unspecified atom stereocenters. The number of nitrogens with zero attached hydrogens (tertiary/aromatic N) is 1. The van der Waals surface area contributed by atoms with Crippen molar-refractivity contribution in [1.82, 2.24) is 0 Å². The SMILES string of the molecule is NN=Cc1ccc(CCCCc2cc(C3C=CCCC3)cc(=O)o2)cc1. The van der Waals surface area contributed by atoms with Crippen LogP contribution >= 0.6 is 0 Å². The van der Waals surface area contributed by atoms with Crippen LogP contribution in [-0.2, 0) is 12.8 Å². The topological polar surface area (TPSA) is 68.6 Å². The van der Waals surface area contributed by atoms with Crippen LogP contribution in [0.15, 0.2) is 62.9 Å². The van der Waals surface area contributed by atoms with Gasteiger partial charge in [0.15, 0.2) is 0 Å². The Morgan fingerprint density at radius 1 is 1.15 bits per heavy atom. The van der Waals surface area contributed by atoms with E-state index in [1.54, 1.807) is 12.3 Å².